The number of aryl methyl sites for hydroxylation is 1. The van der Waals surface area contributed by atoms with E-state index in [4.69, 9.17) is 12.2 Å². The Labute approximate surface area is 149 Å². The molecule has 0 saturated carbocycles. The molecule has 0 aromatic heterocycles. The molecule has 1 amide bonds. The van der Waals surface area contributed by atoms with Gasteiger partial charge < -0.3 is 0 Å². The lowest BCUT2D eigenvalue weighted by Crippen LogP contribution is -2.33. The minimum Gasteiger partial charge on any atom is -0.293 e. The highest BCUT2D eigenvalue weighted by molar-refractivity contribution is 8.26. The van der Waals surface area contributed by atoms with E-state index in [0.29, 0.717) is 10.2 Å². The van der Waals surface area contributed by atoms with Crippen LogP contribution in [0.2, 0.25) is 0 Å². The number of amides is 1. The van der Waals surface area contributed by atoms with Crippen LogP contribution in [-0.4, -0.2) is 21.7 Å². The first-order valence-electron chi connectivity index (χ1n) is 8.37. The van der Waals surface area contributed by atoms with Crippen molar-refractivity contribution in [2.75, 3.05) is 6.54 Å². The van der Waals surface area contributed by atoms with Crippen LogP contribution < -0.4 is 0 Å². The molecule has 1 aliphatic heterocycles. The fourth-order valence-corrected chi connectivity index (χ4v) is 3.92. The van der Waals surface area contributed by atoms with Gasteiger partial charge in [0.2, 0.25) is 0 Å². The first kappa shape index (κ1) is 18.2. The summed E-state index contributed by atoms with van der Waals surface area (Å²) in [5.74, 6) is 0.603. The van der Waals surface area contributed by atoms with E-state index >= 15 is 0 Å². The monoisotopic (exact) mass is 347 g/mol. The summed E-state index contributed by atoms with van der Waals surface area (Å²) in [7, 11) is 0. The fourth-order valence-electron chi connectivity index (χ4n) is 2.65. The van der Waals surface area contributed by atoms with Gasteiger partial charge >= 0.3 is 0 Å². The quantitative estimate of drug-likeness (QED) is 0.486. The van der Waals surface area contributed by atoms with Gasteiger partial charge in [-0.2, -0.15) is 0 Å². The Kier molecular flexibility index (Phi) is 6.85. The van der Waals surface area contributed by atoms with E-state index in [1.165, 1.54) is 36.6 Å². The molecule has 1 aromatic carbocycles. The molecule has 0 N–H and O–H groups in total. The van der Waals surface area contributed by atoms with Crippen molar-refractivity contribution in [1.82, 2.24) is 4.90 Å². The average Bonchev–Trinajstić information content (AvgIpc) is 2.80. The molecule has 0 radical (unpaired) electrons. The predicted octanol–water partition coefficient (Wildman–Crippen LogP) is 5.41. The molecule has 0 unspecified atom stereocenters. The predicted molar refractivity (Wildman–Crippen MR) is 104 cm³/mol. The van der Waals surface area contributed by atoms with Crippen molar-refractivity contribution in [3.63, 3.8) is 0 Å². The first-order chi connectivity index (χ1) is 11.0. The summed E-state index contributed by atoms with van der Waals surface area (Å²) in [6, 6.07) is 8.20. The van der Waals surface area contributed by atoms with Crippen LogP contribution in [0.15, 0.2) is 29.2 Å². The van der Waals surface area contributed by atoms with Gasteiger partial charge in [-0.3, -0.25) is 9.69 Å². The van der Waals surface area contributed by atoms with Gasteiger partial charge in [0.25, 0.3) is 5.91 Å². The number of hydrogen-bond donors (Lipinski definition) is 0. The molecule has 124 valence electrons. The number of rotatable bonds is 7. The number of unbranched alkanes of at least 4 members (excludes halogenated alkanes) is 1. The molecule has 0 spiro atoms. The van der Waals surface area contributed by atoms with E-state index in [1.54, 1.807) is 4.90 Å². The van der Waals surface area contributed by atoms with Crippen LogP contribution >= 0.6 is 24.0 Å². The van der Waals surface area contributed by atoms with Gasteiger partial charge in [0.05, 0.1) is 4.91 Å². The second-order valence-electron chi connectivity index (χ2n) is 6.12. The smallest absolute Gasteiger partial charge is 0.266 e. The number of benzene rings is 1. The Balaban J connectivity index is 2.08. The number of nitrogens with zero attached hydrogens (tertiary/aromatic N) is 1. The third kappa shape index (κ3) is 4.92. The number of thioether (sulfide) groups is 1. The van der Waals surface area contributed by atoms with Crippen LogP contribution in [-0.2, 0) is 4.79 Å². The summed E-state index contributed by atoms with van der Waals surface area (Å²) in [6.07, 6.45) is 6.62. The zero-order valence-electron chi connectivity index (χ0n) is 14.2. The van der Waals surface area contributed by atoms with Crippen molar-refractivity contribution in [2.45, 2.75) is 46.5 Å². The highest BCUT2D eigenvalue weighted by Crippen LogP contribution is 2.33. The number of carbonyl (C=O) groups excluding carboxylic acids is 1. The maximum Gasteiger partial charge on any atom is 0.266 e. The molecule has 1 saturated heterocycles. The SMILES string of the molecule is CCCC[C@@H](CC)CN1C(=O)/C(=C/c2ccc(C)cc2)SC1=S. The third-order valence-corrected chi connectivity index (χ3v) is 5.61. The topological polar surface area (TPSA) is 20.3 Å². The van der Waals surface area contributed by atoms with Gasteiger partial charge in [-0.15, -0.1) is 0 Å². The van der Waals surface area contributed by atoms with Crippen LogP contribution in [0.25, 0.3) is 6.08 Å². The van der Waals surface area contributed by atoms with E-state index in [2.05, 4.69) is 32.9 Å². The molecule has 2 nitrogen and oxygen atoms in total. The average molecular weight is 348 g/mol. The second-order valence-corrected chi connectivity index (χ2v) is 7.80. The molecule has 1 fully saturated rings. The lowest BCUT2D eigenvalue weighted by atomic mass is 9.99. The van der Waals surface area contributed by atoms with Crippen molar-refractivity contribution < 1.29 is 4.79 Å². The van der Waals surface area contributed by atoms with E-state index in [-0.39, 0.29) is 5.91 Å². The molecular formula is C19H25NOS2. The molecule has 1 aliphatic rings. The van der Waals surface area contributed by atoms with Gasteiger partial charge in [-0.25, -0.2) is 0 Å². The first-order valence-corrected chi connectivity index (χ1v) is 9.59. The summed E-state index contributed by atoms with van der Waals surface area (Å²) < 4.78 is 0.698. The van der Waals surface area contributed by atoms with Crippen LogP contribution in [0.5, 0.6) is 0 Å². The number of thiocarbonyl (C=S) groups is 1. The minimum absolute atomic E-state index is 0.0653. The summed E-state index contributed by atoms with van der Waals surface area (Å²) in [4.78, 5) is 15.2. The summed E-state index contributed by atoms with van der Waals surface area (Å²) in [5.41, 5.74) is 2.27. The van der Waals surface area contributed by atoms with Gasteiger partial charge in [-0.1, -0.05) is 86.9 Å². The van der Waals surface area contributed by atoms with E-state index in [0.717, 1.165) is 23.4 Å². The summed E-state index contributed by atoms with van der Waals surface area (Å²) in [5, 5.41) is 0. The zero-order chi connectivity index (χ0) is 16.8. The lowest BCUT2D eigenvalue weighted by Gasteiger charge is -2.21. The number of carbonyl (C=O) groups is 1. The molecule has 23 heavy (non-hydrogen) atoms. The van der Waals surface area contributed by atoms with Crippen molar-refractivity contribution in [3.05, 3.63) is 40.3 Å². The minimum atomic E-state index is 0.0653. The van der Waals surface area contributed by atoms with Gasteiger partial charge in [-0.05, 0) is 30.9 Å². The fraction of sp³-hybridized carbons (Fsp3) is 0.474. The van der Waals surface area contributed by atoms with Crippen molar-refractivity contribution in [1.29, 1.82) is 0 Å². The van der Waals surface area contributed by atoms with Gasteiger partial charge in [0.1, 0.15) is 4.32 Å². The Bertz CT molecular complexity index is 592. The molecule has 4 heteroatoms. The third-order valence-electron chi connectivity index (χ3n) is 4.23. The van der Waals surface area contributed by atoms with Crippen LogP contribution in [0, 0.1) is 12.8 Å². The maximum atomic E-state index is 12.7. The Morgan fingerprint density at radius 1 is 1.26 bits per heavy atom. The summed E-state index contributed by atoms with van der Waals surface area (Å²) in [6.45, 7) is 7.22. The van der Waals surface area contributed by atoms with Crippen molar-refractivity contribution >= 4 is 40.3 Å². The van der Waals surface area contributed by atoms with Crippen LogP contribution in [0.3, 0.4) is 0 Å². The summed E-state index contributed by atoms with van der Waals surface area (Å²) >= 11 is 6.86. The highest BCUT2D eigenvalue weighted by atomic mass is 32.2. The molecular weight excluding hydrogens is 322 g/mol. The largest absolute Gasteiger partial charge is 0.293 e. The second kappa shape index (κ2) is 8.65. The van der Waals surface area contributed by atoms with E-state index in [9.17, 15) is 4.79 Å². The molecule has 1 atom stereocenters. The molecule has 2 rings (SSSR count). The van der Waals surface area contributed by atoms with E-state index < -0.39 is 0 Å². The van der Waals surface area contributed by atoms with Gasteiger partial charge in [0.15, 0.2) is 0 Å². The highest BCUT2D eigenvalue weighted by Gasteiger charge is 2.33. The molecule has 1 heterocycles. The number of hydrogen-bond acceptors (Lipinski definition) is 3. The van der Waals surface area contributed by atoms with Crippen molar-refractivity contribution in [2.24, 2.45) is 5.92 Å². The Morgan fingerprint density at radius 2 is 1.96 bits per heavy atom. The van der Waals surface area contributed by atoms with Crippen molar-refractivity contribution in [3.8, 4) is 0 Å². The lowest BCUT2D eigenvalue weighted by molar-refractivity contribution is -0.122. The zero-order valence-corrected chi connectivity index (χ0v) is 15.8. The van der Waals surface area contributed by atoms with Crippen LogP contribution in [0.4, 0.5) is 0 Å². The molecule has 0 bridgehead atoms. The molecule has 0 aliphatic carbocycles. The standard InChI is InChI=1S/C19H25NOS2/c1-4-6-7-15(5-2)13-20-18(21)17(23-19(20)22)12-16-10-8-14(3)9-11-16/h8-12,15H,4-7,13H2,1-3H3/b17-12-/t15-/m1/s1. The molecule has 1 aromatic rings. The van der Waals surface area contributed by atoms with Gasteiger partial charge in [0, 0.05) is 6.54 Å². The van der Waals surface area contributed by atoms with E-state index in [1.807, 2.05) is 18.2 Å². The maximum absolute atomic E-state index is 12.7. The van der Waals surface area contributed by atoms with Crippen LogP contribution in [0.1, 0.15) is 50.7 Å². The Morgan fingerprint density at radius 3 is 2.57 bits per heavy atom. The normalized spacial score (nSPS) is 18.0. The Hall–Kier alpha value is -1.13.